The summed E-state index contributed by atoms with van der Waals surface area (Å²) in [4.78, 5) is 2.97. The standard InChI is InChI=1S/C38H34O4S10/c1-37(35-49-31-32(50-35)46-16-20-12-26(40-4)25(39-3)11-19(20)15-45-31)29-23(7-9-43-29)24-8-10-44-30(24)38(37,2)36-51-33-34(52-36)48-18-22-14-28(42-6)27(41-5)13-21(22)17-47-33/h7-14H,15-18H2,1-6H3/q+2. The average Bonchev–Trinajstić information content (AvgIpc) is 3.98. The molecular formula is C38H34O4S10+2. The van der Waals surface area contributed by atoms with E-state index in [2.05, 4.69) is 61.0 Å². The second-order valence-electron chi connectivity index (χ2n) is 12.8. The van der Waals surface area contributed by atoms with Crippen LogP contribution in [0.25, 0.3) is 11.1 Å². The highest BCUT2D eigenvalue weighted by Gasteiger charge is 2.65. The molecule has 4 aromatic heterocycles. The van der Waals surface area contributed by atoms with E-state index < -0.39 is 0 Å². The van der Waals surface area contributed by atoms with Gasteiger partial charge in [0.05, 0.1) is 73.8 Å². The van der Waals surface area contributed by atoms with E-state index in [1.165, 1.54) is 68.4 Å². The van der Waals surface area contributed by atoms with Gasteiger partial charge in [-0.3, -0.25) is 0 Å². The third-order valence-electron chi connectivity index (χ3n) is 10.3. The van der Waals surface area contributed by atoms with Crippen LogP contribution in [0.5, 0.6) is 23.0 Å². The number of thioether (sulfide) groups is 4. The number of methoxy groups -OCH3 is 4. The zero-order chi connectivity index (χ0) is 35.8. The molecule has 9 rings (SSSR count). The molecule has 2 aliphatic heterocycles. The fourth-order valence-electron chi connectivity index (χ4n) is 7.21. The Morgan fingerprint density at radius 1 is 0.519 bits per heavy atom. The summed E-state index contributed by atoms with van der Waals surface area (Å²) in [5.74, 6) is 6.86. The second kappa shape index (κ2) is 14.2. The van der Waals surface area contributed by atoms with Crippen LogP contribution in [0.3, 0.4) is 0 Å². The van der Waals surface area contributed by atoms with Gasteiger partial charge < -0.3 is 18.9 Å². The summed E-state index contributed by atoms with van der Waals surface area (Å²) in [5, 5.41) is 4.63. The first-order valence-corrected chi connectivity index (χ1v) is 25.4. The van der Waals surface area contributed by atoms with Crippen LogP contribution in [0.4, 0.5) is 0 Å². The molecule has 0 saturated heterocycles. The lowest BCUT2D eigenvalue weighted by Crippen LogP contribution is -2.46. The highest BCUT2D eigenvalue weighted by atomic mass is 32.2. The molecule has 6 heterocycles. The summed E-state index contributed by atoms with van der Waals surface area (Å²) in [7, 11) is 6.89. The van der Waals surface area contributed by atoms with E-state index in [-0.39, 0.29) is 10.8 Å². The normalized spacial score (nSPS) is 20.4. The molecular weight excluding hydrogens is 841 g/mol. The Bertz CT molecular complexity index is 2070. The monoisotopic (exact) mass is 874 g/mol. The summed E-state index contributed by atoms with van der Waals surface area (Å²) in [5.41, 5.74) is 7.64. The molecule has 0 N–H and O–H groups in total. The summed E-state index contributed by atoms with van der Waals surface area (Å²) >= 11 is 19.9. The van der Waals surface area contributed by atoms with Crippen LogP contribution in [0, 0.1) is 0 Å². The molecule has 0 fully saturated rings. The maximum absolute atomic E-state index is 5.69. The minimum absolute atomic E-state index is 0.236. The lowest BCUT2D eigenvalue weighted by molar-refractivity contribution is 0.354. The summed E-state index contributed by atoms with van der Waals surface area (Å²) in [6.07, 6.45) is 0. The third-order valence-corrected chi connectivity index (χ3v) is 24.6. The molecule has 52 heavy (non-hydrogen) atoms. The van der Waals surface area contributed by atoms with Crippen molar-refractivity contribution >= 4 is 115 Å². The highest BCUT2D eigenvalue weighted by molar-refractivity contribution is 8.05. The fourth-order valence-corrected chi connectivity index (χ4v) is 22.6. The minimum atomic E-state index is -0.236. The maximum atomic E-state index is 5.69. The molecule has 3 aliphatic rings. The first kappa shape index (κ1) is 36.2. The van der Waals surface area contributed by atoms with E-state index in [1.807, 2.05) is 115 Å². The Morgan fingerprint density at radius 2 is 0.865 bits per heavy atom. The molecule has 268 valence electrons. The van der Waals surface area contributed by atoms with Crippen molar-refractivity contribution in [3.05, 3.63) is 87.5 Å². The van der Waals surface area contributed by atoms with Gasteiger partial charge in [-0.05, 0) is 94.4 Å². The van der Waals surface area contributed by atoms with E-state index in [1.54, 1.807) is 28.4 Å². The maximum Gasteiger partial charge on any atom is 0.269 e. The molecule has 14 heteroatoms. The van der Waals surface area contributed by atoms with E-state index >= 15 is 0 Å². The van der Waals surface area contributed by atoms with Crippen molar-refractivity contribution in [1.29, 1.82) is 0 Å². The van der Waals surface area contributed by atoms with Crippen molar-refractivity contribution in [2.45, 2.75) is 64.5 Å². The topological polar surface area (TPSA) is 36.9 Å². The summed E-state index contributed by atoms with van der Waals surface area (Å²) in [6.45, 7) is 5.11. The van der Waals surface area contributed by atoms with Gasteiger partial charge in [0.2, 0.25) is 16.8 Å². The predicted octanol–water partition coefficient (Wildman–Crippen LogP) is 13.7. The van der Waals surface area contributed by atoms with Crippen molar-refractivity contribution in [3.8, 4) is 34.1 Å². The molecule has 2 aromatic carbocycles. The van der Waals surface area contributed by atoms with Gasteiger partial charge in [-0.15, -0.1) is 22.7 Å². The summed E-state index contributed by atoms with van der Waals surface area (Å²) in [6, 6.07) is 13.4. The van der Waals surface area contributed by atoms with Crippen molar-refractivity contribution in [2.24, 2.45) is 0 Å². The minimum Gasteiger partial charge on any atom is -0.493 e. The highest BCUT2D eigenvalue weighted by Crippen LogP contribution is 2.68. The molecule has 1 aliphatic carbocycles. The SMILES string of the molecule is COc1cc2c(cc1OC)CSc1[s+]c(C3(C)c4sccc4-c4ccsc4C3(C)c3sc4c([s+]3)SCc3cc(OC)c(OC)cc3CS4)sc1SC2. The van der Waals surface area contributed by atoms with Gasteiger partial charge in [0.1, 0.15) is 10.8 Å². The van der Waals surface area contributed by atoms with E-state index in [0.29, 0.717) is 0 Å². The molecule has 2 atom stereocenters. The number of hydrogen-bond donors (Lipinski definition) is 0. The molecule has 4 nitrogen and oxygen atoms in total. The van der Waals surface area contributed by atoms with Gasteiger partial charge in [-0.2, -0.15) is 0 Å². The Labute approximate surface area is 345 Å². The van der Waals surface area contributed by atoms with Crippen molar-refractivity contribution < 1.29 is 18.9 Å². The first-order valence-electron chi connectivity index (χ1n) is 16.4. The van der Waals surface area contributed by atoms with E-state index in [9.17, 15) is 0 Å². The van der Waals surface area contributed by atoms with Gasteiger partial charge in [0.15, 0.2) is 23.0 Å². The average molecular weight is 875 g/mol. The predicted molar refractivity (Wildman–Crippen MR) is 231 cm³/mol. The zero-order valence-electron chi connectivity index (χ0n) is 29.2. The van der Waals surface area contributed by atoms with Gasteiger partial charge in [0, 0.05) is 32.8 Å². The van der Waals surface area contributed by atoms with Crippen LogP contribution in [0.2, 0.25) is 0 Å². The molecule has 0 saturated carbocycles. The number of benzene rings is 2. The third kappa shape index (κ3) is 5.63. The van der Waals surface area contributed by atoms with Gasteiger partial charge in [-0.1, -0.05) is 47.0 Å². The zero-order valence-corrected chi connectivity index (χ0v) is 37.3. The number of rotatable bonds is 6. The van der Waals surface area contributed by atoms with Crippen LogP contribution < -0.4 is 18.9 Å². The van der Waals surface area contributed by atoms with Crippen LogP contribution in [0.15, 0.2) is 64.0 Å². The molecule has 0 bridgehead atoms. The number of fused-ring (bicyclic) bond motifs is 7. The van der Waals surface area contributed by atoms with Gasteiger partial charge >= 0.3 is 0 Å². The van der Waals surface area contributed by atoms with Crippen LogP contribution in [0.1, 0.15) is 54.2 Å². The lowest BCUT2D eigenvalue weighted by Gasteiger charge is -2.42. The van der Waals surface area contributed by atoms with Crippen LogP contribution in [-0.4, -0.2) is 28.4 Å². The Balaban J connectivity index is 1.14. The van der Waals surface area contributed by atoms with Crippen molar-refractivity contribution in [2.75, 3.05) is 28.4 Å². The molecule has 6 aromatic rings. The second-order valence-corrected chi connectivity index (χ2v) is 24.2. The fraction of sp³-hybridized carbons (Fsp3) is 0.316. The van der Waals surface area contributed by atoms with Gasteiger partial charge in [0.25, 0.3) is 8.38 Å². The molecule has 0 spiro atoms. The Hall–Kier alpha value is -1.46. The van der Waals surface area contributed by atoms with E-state index in [0.717, 1.165) is 46.0 Å². The molecule has 0 radical (unpaired) electrons. The molecule has 2 unspecified atom stereocenters. The number of thiophene rings is 2. The Kier molecular flexibility index (Phi) is 9.91. The largest absolute Gasteiger partial charge is 0.493 e. The molecule has 0 amide bonds. The van der Waals surface area contributed by atoms with Crippen LogP contribution in [-0.2, 0) is 33.8 Å². The van der Waals surface area contributed by atoms with Gasteiger partial charge in [-0.25, -0.2) is 0 Å². The van der Waals surface area contributed by atoms with Crippen LogP contribution >= 0.6 is 115 Å². The number of hydrogen-bond acceptors (Lipinski definition) is 12. The van der Waals surface area contributed by atoms with Crippen molar-refractivity contribution in [3.63, 3.8) is 0 Å². The smallest absolute Gasteiger partial charge is 0.269 e. The number of ether oxygens (including phenoxy) is 4. The first-order chi connectivity index (χ1) is 25.3. The lowest BCUT2D eigenvalue weighted by atomic mass is 9.61. The van der Waals surface area contributed by atoms with E-state index in [4.69, 9.17) is 18.9 Å². The Morgan fingerprint density at radius 3 is 1.21 bits per heavy atom. The van der Waals surface area contributed by atoms with Crippen molar-refractivity contribution in [1.82, 2.24) is 0 Å². The summed E-state index contributed by atoms with van der Waals surface area (Å²) < 4.78 is 31.5. The quantitative estimate of drug-likeness (QED) is 0.153.